The Hall–Kier alpha value is -2.94. The van der Waals surface area contributed by atoms with Crippen molar-refractivity contribution in [1.29, 1.82) is 0 Å². The van der Waals surface area contributed by atoms with Crippen LogP contribution in [0.4, 0.5) is 4.79 Å². The van der Waals surface area contributed by atoms with E-state index in [2.05, 4.69) is 10.7 Å². The molecule has 1 aliphatic heterocycles. The van der Waals surface area contributed by atoms with E-state index in [0.717, 1.165) is 0 Å². The molecule has 1 aliphatic rings. The minimum absolute atomic E-state index is 0.0451. The van der Waals surface area contributed by atoms with Gasteiger partial charge in [0.15, 0.2) is 0 Å². The second-order valence-corrected chi connectivity index (χ2v) is 6.69. The highest BCUT2D eigenvalue weighted by Crippen LogP contribution is 2.31. The predicted octanol–water partition coefficient (Wildman–Crippen LogP) is -0.105. The molecule has 1 aromatic carbocycles. The van der Waals surface area contributed by atoms with Crippen molar-refractivity contribution in [1.82, 2.24) is 25.6 Å². The zero-order chi connectivity index (χ0) is 20.2. The molecule has 9 heteroatoms. The first kappa shape index (κ1) is 20.4. The van der Waals surface area contributed by atoms with E-state index >= 15 is 0 Å². The fraction of sp³-hybridized carbons (Fsp3) is 0.444. The van der Waals surface area contributed by atoms with Crippen LogP contribution >= 0.6 is 0 Å². The lowest BCUT2D eigenvalue weighted by Crippen LogP contribution is -2.51. The third-order valence-electron chi connectivity index (χ3n) is 4.44. The first-order chi connectivity index (χ1) is 12.7. The van der Waals surface area contributed by atoms with Crippen molar-refractivity contribution in [3.63, 3.8) is 0 Å². The largest absolute Gasteiger partial charge is 0.348 e. The number of imide groups is 1. The van der Waals surface area contributed by atoms with Crippen LogP contribution in [0, 0.1) is 0 Å². The minimum atomic E-state index is -1.21. The molecule has 0 aliphatic carbocycles. The molecule has 0 radical (unpaired) electrons. The zero-order valence-corrected chi connectivity index (χ0v) is 16.0. The van der Waals surface area contributed by atoms with E-state index in [0.29, 0.717) is 17.0 Å². The average molecular weight is 375 g/mol. The Labute approximate surface area is 158 Å². The molecule has 9 nitrogen and oxygen atoms in total. The molecule has 0 bridgehead atoms. The monoisotopic (exact) mass is 375 g/mol. The third-order valence-corrected chi connectivity index (χ3v) is 4.44. The second-order valence-electron chi connectivity index (χ2n) is 6.69. The van der Waals surface area contributed by atoms with Crippen LogP contribution in [0.1, 0.15) is 18.9 Å². The van der Waals surface area contributed by atoms with Crippen LogP contribution < -0.4 is 10.7 Å². The van der Waals surface area contributed by atoms with Crippen LogP contribution in [0.2, 0.25) is 0 Å². The van der Waals surface area contributed by atoms with Crippen LogP contribution in [0.15, 0.2) is 30.3 Å². The molecular formula is C18H25N5O4. The molecule has 1 aromatic rings. The number of benzene rings is 1. The van der Waals surface area contributed by atoms with Gasteiger partial charge in [0.25, 0.3) is 11.8 Å². The molecule has 2 N–H and O–H groups in total. The quantitative estimate of drug-likeness (QED) is 0.648. The molecule has 0 saturated carbocycles. The lowest BCUT2D eigenvalue weighted by atomic mass is 9.87. The molecule has 0 aromatic heterocycles. The Bertz CT molecular complexity index is 737. The summed E-state index contributed by atoms with van der Waals surface area (Å²) in [6, 6.07) is 8.21. The number of likely N-dealkylation sites (N-methyl/N-ethyl adjacent to an activating group) is 2. The smallest absolute Gasteiger partial charge is 0.344 e. The van der Waals surface area contributed by atoms with E-state index in [1.807, 2.05) is 6.07 Å². The van der Waals surface area contributed by atoms with Crippen molar-refractivity contribution in [2.75, 3.05) is 34.2 Å². The summed E-state index contributed by atoms with van der Waals surface area (Å²) in [6.07, 6.45) is 0.338. The number of carbonyl (C=O) groups is 4. The molecule has 1 fully saturated rings. The number of nitrogens with zero attached hydrogens (tertiary/aromatic N) is 3. The standard InChI is InChI=1S/C18H25N5O4/c1-5-18(13-9-7-6-8-10-13)16(26)23(17(27)19-18)20-14(24)11-22(4)12-15(25)21(2)3/h6-10H,5,11-12H2,1-4H3,(H,19,27)(H,20,24)/t18-/m1/s1. The maximum atomic E-state index is 12.9. The number of nitrogens with one attached hydrogen (secondary N) is 2. The normalized spacial score (nSPS) is 19.2. The van der Waals surface area contributed by atoms with Crippen LogP contribution in [0.25, 0.3) is 0 Å². The summed E-state index contributed by atoms with van der Waals surface area (Å²) in [4.78, 5) is 52.1. The van der Waals surface area contributed by atoms with Crippen molar-refractivity contribution in [2.24, 2.45) is 0 Å². The zero-order valence-electron chi connectivity index (χ0n) is 16.0. The van der Waals surface area contributed by atoms with Gasteiger partial charge in [-0.05, 0) is 19.0 Å². The molecule has 146 valence electrons. The highest BCUT2D eigenvalue weighted by Gasteiger charge is 2.52. The second kappa shape index (κ2) is 8.17. The summed E-state index contributed by atoms with van der Waals surface area (Å²) in [6.45, 7) is 1.70. The molecular weight excluding hydrogens is 350 g/mol. The molecule has 1 heterocycles. The molecule has 5 amide bonds. The maximum Gasteiger partial charge on any atom is 0.344 e. The number of hydrogen-bond acceptors (Lipinski definition) is 5. The van der Waals surface area contributed by atoms with Gasteiger partial charge in [-0.15, -0.1) is 0 Å². The van der Waals surface area contributed by atoms with Crippen molar-refractivity contribution in [3.05, 3.63) is 35.9 Å². The van der Waals surface area contributed by atoms with E-state index in [1.54, 1.807) is 52.3 Å². The van der Waals surface area contributed by atoms with Crippen molar-refractivity contribution in [2.45, 2.75) is 18.9 Å². The summed E-state index contributed by atoms with van der Waals surface area (Å²) in [5, 5.41) is 3.40. The summed E-state index contributed by atoms with van der Waals surface area (Å²) in [7, 11) is 4.85. The Morgan fingerprint density at radius 1 is 1.11 bits per heavy atom. The van der Waals surface area contributed by atoms with Gasteiger partial charge in [0.1, 0.15) is 5.54 Å². The number of carbonyl (C=O) groups excluding carboxylic acids is 4. The van der Waals surface area contributed by atoms with Gasteiger partial charge in [0.05, 0.1) is 13.1 Å². The summed E-state index contributed by atoms with van der Waals surface area (Å²) < 4.78 is 0. The number of hydrogen-bond donors (Lipinski definition) is 2. The molecule has 0 spiro atoms. The van der Waals surface area contributed by atoms with Gasteiger partial charge >= 0.3 is 6.03 Å². The fourth-order valence-corrected chi connectivity index (χ4v) is 2.87. The van der Waals surface area contributed by atoms with Crippen LogP contribution in [0.5, 0.6) is 0 Å². The first-order valence-corrected chi connectivity index (χ1v) is 8.61. The van der Waals surface area contributed by atoms with Crippen molar-refractivity contribution < 1.29 is 19.2 Å². The van der Waals surface area contributed by atoms with Crippen LogP contribution in [-0.2, 0) is 19.9 Å². The molecule has 0 unspecified atom stereocenters. The summed E-state index contributed by atoms with van der Waals surface area (Å²) in [5.74, 6) is -1.26. The summed E-state index contributed by atoms with van der Waals surface area (Å²) >= 11 is 0. The van der Waals surface area contributed by atoms with E-state index in [9.17, 15) is 19.2 Å². The molecule has 2 rings (SSSR count). The molecule has 1 saturated heterocycles. The first-order valence-electron chi connectivity index (χ1n) is 8.61. The Balaban J connectivity index is 2.07. The van der Waals surface area contributed by atoms with Gasteiger partial charge in [-0.3, -0.25) is 24.7 Å². The van der Waals surface area contributed by atoms with Crippen molar-refractivity contribution in [3.8, 4) is 0 Å². The van der Waals surface area contributed by atoms with Gasteiger partial charge in [-0.2, -0.15) is 5.01 Å². The number of hydrazine groups is 1. The Morgan fingerprint density at radius 2 is 1.74 bits per heavy atom. The summed E-state index contributed by atoms with van der Waals surface area (Å²) in [5.41, 5.74) is 1.78. The van der Waals surface area contributed by atoms with Crippen LogP contribution in [0.3, 0.4) is 0 Å². The predicted molar refractivity (Wildman–Crippen MR) is 98.1 cm³/mol. The lowest BCUT2D eigenvalue weighted by molar-refractivity contribution is -0.140. The van der Waals surface area contributed by atoms with E-state index in [4.69, 9.17) is 0 Å². The van der Waals surface area contributed by atoms with Crippen LogP contribution in [-0.4, -0.2) is 72.8 Å². The lowest BCUT2D eigenvalue weighted by Gasteiger charge is -2.25. The number of urea groups is 1. The highest BCUT2D eigenvalue weighted by molar-refractivity contribution is 6.08. The highest BCUT2D eigenvalue weighted by atomic mass is 16.2. The fourth-order valence-electron chi connectivity index (χ4n) is 2.87. The minimum Gasteiger partial charge on any atom is -0.348 e. The SMILES string of the molecule is CC[C@]1(c2ccccc2)NC(=O)N(NC(=O)CN(C)CC(=O)N(C)C)C1=O. The van der Waals surface area contributed by atoms with Gasteiger partial charge in [0.2, 0.25) is 5.91 Å². The third kappa shape index (κ3) is 4.25. The maximum absolute atomic E-state index is 12.9. The molecule has 1 atom stereocenters. The topological polar surface area (TPSA) is 102 Å². The van der Waals surface area contributed by atoms with Gasteiger partial charge in [-0.25, -0.2) is 4.79 Å². The van der Waals surface area contributed by atoms with Gasteiger partial charge < -0.3 is 10.2 Å². The Morgan fingerprint density at radius 3 is 2.30 bits per heavy atom. The number of amides is 5. The molecule has 27 heavy (non-hydrogen) atoms. The van der Waals surface area contributed by atoms with Gasteiger partial charge in [-0.1, -0.05) is 37.3 Å². The average Bonchev–Trinajstić information content (AvgIpc) is 2.87. The Kier molecular flexibility index (Phi) is 6.17. The van der Waals surface area contributed by atoms with Gasteiger partial charge in [0, 0.05) is 14.1 Å². The number of rotatable bonds is 7. The van der Waals surface area contributed by atoms with E-state index < -0.39 is 23.4 Å². The van der Waals surface area contributed by atoms with E-state index in [1.165, 1.54) is 9.80 Å². The van der Waals surface area contributed by atoms with Crippen molar-refractivity contribution >= 4 is 23.8 Å². The van der Waals surface area contributed by atoms with E-state index in [-0.39, 0.29) is 19.0 Å².